The Morgan fingerprint density at radius 1 is 1.12 bits per heavy atom. The third kappa shape index (κ3) is 4.68. The van der Waals surface area contributed by atoms with Gasteiger partial charge in [0, 0.05) is 30.4 Å². The smallest absolute Gasteiger partial charge is 0.244 e. The van der Waals surface area contributed by atoms with Crippen molar-refractivity contribution in [3.63, 3.8) is 0 Å². The Balaban J connectivity index is 1.56. The second-order valence-electron chi connectivity index (χ2n) is 9.03. The van der Waals surface area contributed by atoms with Crippen LogP contribution in [0.15, 0.2) is 41.3 Å². The second kappa shape index (κ2) is 9.27. The Morgan fingerprint density at radius 2 is 1.91 bits per heavy atom. The molecule has 2 aromatic rings. The minimum Gasteiger partial charge on any atom is -0.324 e. The van der Waals surface area contributed by atoms with E-state index in [0.717, 1.165) is 41.6 Å². The molecule has 8 heteroatoms. The molecule has 0 unspecified atom stereocenters. The number of sulfonamides is 1. The molecule has 0 saturated carbocycles. The minimum absolute atomic E-state index is 0.0216. The Morgan fingerprint density at radius 3 is 2.67 bits per heavy atom. The summed E-state index contributed by atoms with van der Waals surface area (Å²) in [6.45, 7) is 6.28. The van der Waals surface area contributed by atoms with Gasteiger partial charge in [0.1, 0.15) is 6.54 Å². The standard InChI is InChI=1S/C25H31N3O4S/c1-17-7-6-9-22(19(17)3)26-24(29)16-27-23-12-11-21(15-20(23)10-13-25(27)30)33(31,32)28-14-5-4-8-18(28)2/h6-7,9,11-12,15,18H,4-5,8,10,13-14,16H2,1-3H3,(H,26,29)/t18-/m0/s1. The number of nitrogens with zero attached hydrogens (tertiary/aromatic N) is 2. The lowest BCUT2D eigenvalue weighted by Crippen LogP contribution is -2.42. The molecule has 0 radical (unpaired) electrons. The Labute approximate surface area is 195 Å². The number of carbonyl (C=O) groups excluding carboxylic acids is 2. The first-order valence-electron chi connectivity index (χ1n) is 11.5. The predicted octanol–water partition coefficient (Wildman–Crippen LogP) is 3.78. The summed E-state index contributed by atoms with van der Waals surface area (Å²) in [5.41, 5.74) is 4.16. The van der Waals surface area contributed by atoms with Crippen LogP contribution in [0.3, 0.4) is 0 Å². The maximum atomic E-state index is 13.3. The van der Waals surface area contributed by atoms with Crippen LogP contribution in [0, 0.1) is 13.8 Å². The molecule has 1 atom stereocenters. The number of benzene rings is 2. The normalized spacial score (nSPS) is 19.3. The largest absolute Gasteiger partial charge is 0.324 e. The van der Waals surface area contributed by atoms with E-state index in [9.17, 15) is 18.0 Å². The molecule has 2 aliphatic rings. The van der Waals surface area contributed by atoms with E-state index in [1.807, 2.05) is 39.0 Å². The maximum Gasteiger partial charge on any atom is 0.244 e. The summed E-state index contributed by atoms with van der Waals surface area (Å²) < 4.78 is 28.1. The molecule has 7 nitrogen and oxygen atoms in total. The molecular weight excluding hydrogens is 438 g/mol. The summed E-state index contributed by atoms with van der Waals surface area (Å²) in [5.74, 6) is -0.428. The third-order valence-electron chi connectivity index (χ3n) is 6.78. The van der Waals surface area contributed by atoms with Gasteiger partial charge >= 0.3 is 0 Å². The summed E-state index contributed by atoms with van der Waals surface area (Å²) in [7, 11) is -3.60. The Hall–Kier alpha value is -2.71. The van der Waals surface area contributed by atoms with Gasteiger partial charge in [-0.1, -0.05) is 18.6 Å². The highest BCUT2D eigenvalue weighted by molar-refractivity contribution is 7.89. The van der Waals surface area contributed by atoms with Crippen molar-refractivity contribution in [2.45, 2.75) is 63.8 Å². The zero-order chi connectivity index (χ0) is 23.8. The van der Waals surface area contributed by atoms with Crippen molar-refractivity contribution in [3.05, 3.63) is 53.1 Å². The zero-order valence-corrected chi connectivity index (χ0v) is 20.2. The van der Waals surface area contributed by atoms with E-state index in [4.69, 9.17) is 0 Å². The topological polar surface area (TPSA) is 86.8 Å². The number of nitrogens with one attached hydrogen (secondary N) is 1. The van der Waals surface area contributed by atoms with E-state index in [-0.39, 0.29) is 35.7 Å². The van der Waals surface area contributed by atoms with Crippen LogP contribution in [0.4, 0.5) is 11.4 Å². The number of amides is 2. The van der Waals surface area contributed by atoms with Gasteiger partial charge in [-0.05, 0) is 81.0 Å². The average Bonchev–Trinajstić information content (AvgIpc) is 2.78. The average molecular weight is 470 g/mol. The first-order valence-corrected chi connectivity index (χ1v) is 12.9. The van der Waals surface area contributed by atoms with Gasteiger partial charge in [-0.2, -0.15) is 4.31 Å². The Kier molecular flexibility index (Phi) is 6.59. The van der Waals surface area contributed by atoms with Gasteiger partial charge in [0.2, 0.25) is 21.8 Å². The van der Waals surface area contributed by atoms with Gasteiger partial charge in [0.15, 0.2) is 0 Å². The highest BCUT2D eigenvalue weighted by Crippen LogP contribution is 2.32. The molecule has 2 heterocycles. The first-order chi connectivity index (χ1) is 15.7. The molecule has 0 spiro atoms. The highest BCUT2D eigenvalue weighted by Gasteiger charge is 2.33. The lowest BCUT2D eigenvalue weighted by atomic mass is 10.0. The van der Waals surface area contributed by atoms with Crippen molar-refractivity contribution in [2.75, 3.05) is 23.3 Å². The molecule has 0 aromatic heterocycles. The van der Waals surface area contributed by atoms with Crippen LogP contribution in [0.5, 0.6) is 0 Å². The van der Waals surface area contributed by atoms with Crippen molar-refractivity contribution < 1.29 is 18.0 Å². The molecule has 33 heavy (non-hydrogen) atoms. The molecule has 176 valence electrons. The maximum absolute atomic E-state index is 13.3. The van der Waals surface area contributed by atoms with Gasteiger partial charge in [-0.25, -0.2) is 8.42 Å². The number of aryl methyl sites for hydroxylation is 2. The molecule has 4 rings (SSSR count). The lowest BCUT2D eigenvalue weighted by Gasteiger charge is -2.33. The van der Waals surface area contributed by atoms with Crippen LogP contribution in [0.2, 0.25) is 0 Å². The molecule has 1 saturated heterocycles. The molecule has 2 aliphatic heterocycles. The summed E-state index contributed by atoms with van der Waals surface area (Å²) in [4.78, 5) is 27.1. The third-order valence-corrected chi connectivity index (χ3v) is 8.79. The Bertz CT molecular complexity index is 1190. The van der Waals surface area contributed by atoms with E-state index in [2.05, 4.69) is 5.32 Å². The molecule has 1 fully saturated rings. The monoisotopic (exact) mass is 469 g/mol. The van der Waals surface area contributed by atoms with Crippen molar-refractivity contribution in [3.8, 4) is 0 Å². The number of hydrogen-bond donors (Lipinski definition) is 1. The predicted molar refractivity (Wildman–Crippen MR) is 129 cm³/mol. The van der Waals surface area contributed by atoms with E-state index in [1.165, 1.54) is 4.90 Å². The fourth-order valence-electron chi connectivity index (χ4n) is 4.65. The number of hydrogen-bond acceptors (Lipinski definition) is 4. The zero-order valence-electron chi connectivity index (χ0n) is 19.4. The summed E-state index contributed by atoms with van der Waals surface area (Å²) in [5, 5.41) is 2.90. The van der Waals surface area contributed by atoms with E-state index in [0.29, 0.717) is 18.7 Å². The number of piperidine rings is 1. The van der Waals surface area contributed by atoms with Crippen molar-refractivity contribution in [1.29, 1.82) is 0 Å². The summed E-state index contributed by atoms with van der Waals surface area (Å²) in [6.07, 6.45) is 3.47. The van der Waals surface area contributed by atoms with Gasteiger partial charge in [0.05, 0.1) is 4.90 Å². The molecular formula is C25H31N3O4S. The van der Waals surface area contributed by atoms with Crippen LogP contribution in [0.25, 0.3) is 0 Å². The fourth-order valence-corrected chi connectivity index (χ4v) is 6.40. The van der Waals surface area contributed by atoms with E-state index in [1.54, 1.807) is 22.5 Å². The van der Waals surface area contributed by atoms with Gasteiger partial charge in [-0.15, -0.1) is 0 Å². The molecule has 2 aromatic carbocycles. The summed E-state index contributed by atoms with van der Waals surface area (Å²) >= 11 is 0. The van der Waals surface area contributed by atoms with Crippen LogP contribution in [-0.4, -0.2) is 43.7 Å². The van der Waals surface area contributed by atoms with Gasteiger partial charge in [0.25, 0.3) is 0 Å². The van der Waals surface area contributed by atoms with Crippen LogP contribution >= 0.6 is 0 Å². The highest BCUT2D eigenvalue weighted by atomic mass is 32.2. The lowest BCUT2D eigenvalue weighted by molar-refractivity contribution is -0.121. The number of fused-ring (bicyclic) bond motifs is 1. The van der Waals surface area contributed by atoms with Gasteiger partial charge < -0.3 is 10.2 Å². The van der Waals surface area contributed by atoms with Crippen molar-refractivity contribution >= 4 is 33.2 Å². The van der Waals surface area contributed by atoms with Crippen molar-refractivity contribution in [1.82, 2.24) is 4.31 Å². The quantitative estimate of drug-likeness (QED) is 0.722. The molecule has 0 aliphatic carbocycles. The number of carbonyl (C=O) groups is 2. The molecule has 2 amide bonds. The molecule has 1 N–H and O–H groups in total. The summed E-state index contributed by atoms with van der Waals surface area (Å²) in [6, 6.07) is 10.6. The number of anilines is 2. The van der Waals surface area contributed by atoms with E-state index >= 15 is 0 Å². The van der Waals surface area contributed by atoms with Crippen LogP contribution in [0.1, 0.15) is 49.3 Å². The SMILES string of the molecule is Cc1cccc(NC(=O)CN2C(=O)CCc3cc(S(=O)(=O)N4CCCC[C@@H]4C)ccc32)c1C. The van der Waals surface area contributed by atoms with Crippen LogP contribution < -0.4 is 10.2 Å². The fraction of sp³-hybridized carbons (Fsp3) is 0.440. The second-order valence-corrected chi connectivity index (χ2v) is 10.9. The first kappa shape index (κ1) is 23.4. The minimum atomic E-state index is -3.60. The van der Waals surface area contributed by atoms with Crippen LogP contribution in [-0.2, 0) is 26.0 Å². The number of rotatable bonds is 5. The molecule has 0 bridgehead atoms. The van der Waals surface area contributed by atoms with E-state index < -0.39 is 10.0 Å². The van der Waals surface area contributed by atoms with Gasteiger partial charge in [-0.3, -0.25) is 9.59 Å². The van der Waals surface area contributed by atoms with Crippen molar-refractivity contribution in [2.24, 2.45) is 0 Å².